The van der Waals surface area contributed by atoms with Gasteiger partial charge in [0.05, 0.1) is 11.1 Å². The predicted molar refractivity (Wildman–Crippen MR) is 96.5 cm³/mol. The molecule has 1 fully saturated rings. The minimum Gasteiger partial charge on any atom is -0.356 e. The maximum Gasteiger partial charge on any atom is 0.255 e. The molecule has 1 aliphatic heterocycles. The summed E-state index contributed by atoms with van der Waals surface area (Å²) in [5.74, 6) is 0.104. The molecule has 5 nitrogen and oxygen atoms in total. The molecule has 136 valence electrons. The molecule has 1 aliphatic rings. The van der Waals surface area contributed by atoms with Crippen LogP contribution in [0.5, 0.6) is 0 Å². The van der Waals surface area contributed by atoms with Crippen molar-refractivity contribution in [2.45, 2.75) is 26.7 Å². The van der Waals surface area contributed by atoms with E-state index in [1.54, 1.807) is 6.92 Å². The van der Waals surface area contributed by atoms with E-state index in [1.165, 1.54) is 23.0 Å². The lowest BCUT2D eigenvalue weighted by Gasteiger charge is -2.33. The third kappa shape index (κ3) is 2.80. The van der Waals surface area contributed by atoms with Crippen molar-refractivity contribution >= 4 is 23.2 Å². The van der Waals surface area contributed by atoms with Crippen molar-refractivity contribution in [2.24, 2.45) is 5.92 Å². The number of nitrogens with zero attached hydrogens (tertiary/aromatic N) is 5. The molecule has 26 heavy (non-hydrogen) atoms. The molecule has 0 radical (unpaired) electrons. The Bertz CT molecular complexity index is 956. The second-order valence-electron chi connectivity index (χ2n) is 6.85. The quantitative estimate of drug-likeness (QED) is 0.626. The molecule has 0 aliphatic carbocycles. The molecule has 2 aromatic heterocycles. The lowest BCUT2D eigenvalue weighted by atomic mass is 9.98. The van der Waals surface area contributed by atoms with Gasteiger partial charge in [0.2, 0.25) is 0 Å². The summed E-state index contributed by atoms with van der Waals surface area (Å²) in [7, 11) is 0. The van der Waals surface area contributed by atoms with Crippen LogP contribution in [0.1, 0.15) is 25.3 Å². The van der Waals surface area contributed by atoms with Crippen LogP contribution in [0.15, 0.2) is 18.5 Å². The first-order valence-electron chi connectivity index (χ1n) is 8.56. The molecule has 0 atom stereocenters. The van der Waals surface area contributed by atoms with Gasteiger partial charge >= 0.3 is 0 Å². The Balaban J connectivity index is 2.00. The van der Waals surface area contributed by atoms with Crippen LogP contribution in [0.25, 0.3) is 16.9 Å². The Labute approximate surface area is 154 Å². The molecular formula is C18H18ClF2N5. The Morgan fingerprint density at radius 1 is 1.12 bits per heavy atom. The van der Waals surface area contributed by atoms with Gasteiger partial charge in [-0.25, -0.2) is 8.78 Å². The zero-order valence-electron chi connectivity index (χ0n) is 14.5. The van der Waals surface area contributed by atoms with E-state index in [9.17, 15) is 8.78 Å². The average Bonchev–Trinajstić information content (AvgIpc) is 3.03. The highest BCUT2D eigenvalue weighted by Gasteiger charge is 2.28. The number of halogens is 3. The minimum atomic E-state index is -0.669. The van der Waals surface area contributed by atoms with Gasteiger partial charge in [-0.3, -0.25) is 0 Å². The molecular weight excluding hydrogens is 360 g/mol. The second-order valence-corrected chi connectivity index (χ2v) is 7.20. The SMILES string of the molecule is Cc1cc(F)c(-c2c(Cl)nc3ncnn3c2N2CCC(C)CC2)c(F)c1. The fraction of sp³-hybridized carbons (Fsp3) is 0.389. The lowest BCUT2D eigenvalue weighted by Crippen LogP contribution is -2.35. The van der Waals surface area contributed by atoms with Crippen molar-refractivity contribution in [3.63, 3.8) is 0 Å². The molecule has 0 saturated carbocycles. The summed E-state index contributed by atoms with van der Waals surface area (Å²) >= 11 is 6.38. The summed E-state index contributed by atoms with van der Waals surface area (Å²) in [5.41, 5.74) is 0.538. The van der Waals surface area contributed by atoms with E-state index in [0.29, 0.717) is 23.1 Å². The van der Waals surface area contributed by atoms with Crippen molar-refractivity contribution in [3.05, 3.63) is 40.8 Å². The van der Waals surface area contributed by atoms with Crippen molar-refractivity contribution in [1.82, 2.24) is 19.6 Å². The Kier molecular flexibility index (Phi) is 4.26. The second kappa shape index (κ2) is 6.46. The first-order chi connectivity index (χ1) is 12.5. The van der Waals surface area contributed by atoms with Crippen molar-refractivity contribution < 1.29 is 8.78 Å². The van der Waals surface area contributed by atoms with E-state index in [2.05, 4.69) is 26.9 Å². The van der Waals surface area contributed by atoms with Gasteiger partial charge in [0.15, 0.2) is 0 Å². The van der Waals surface area contributed by atoms with Gasteiger partial charge in [0.1, 0.15) is 28.9 Å². The van der Waals surface area contributed by atoms with E-state index >= 15 is 0 Å². The molecule has 0 spiro atoms. The van der Waals surface area contributed by atoms with E-state index < -0.39 is 11.6 Å². The molecule has 0 N–H and O–H groups in total. The molecule has 1 saturated heterocycles. The highest BCUT2D eigenvalue weighted by molar-refractivity contribution is 6.33. The van der Waals surface area contributed by atoms with E-state index in [0.717, 1.165) is 25.9 Å². The third-order valence-electron chi connectivity index (χ3n) is 4.88. The van der Waals surface area contributed by atoms with Crippen molar-refractivity contribution in [2.75, 3.05) is 18.0 Å². The molecule has 1 aromatic carbocycles. The number of hydrogen-bond acceptors (Lipinski definition) is 4. The summed E-state index contributed by atoms with van der Waals surface area (Å²) in [6, 6.07) is 2.59. The van der Waals surface area contributed by atoms with Gasteiger partial charge in [0, 0.05) is 13.1 Å². The van der Waals surface area contributed by atoms with Crippen molar-refractivity contribution in [1.29, 1.82) is 0 Å². The van der Waals surface area contributed by atoms with Crippen LogP contribution in [-0.4, -0.2) is 32.7 Å². The Hall–Kier alpha value is -2.28. The van der Waals surface area contributed by atoms with Crippen LogP contribution in [0.2, 0.25) is 5.15 Å². The summed E-state index contributed by atoms with van der Waals surface area (Å²) in [6.07, 6.45) is 3.32. The third-order valence-corrected chi connectivity index (χ3v) is 5.15. The average molecular weight is 378 g/mol. The number of anilines is 1. The number of piperidine rings is 1. The van der Waals surface area contributed by atoms with E-state index in [4.69, 9.17) is 11.6 Å². The number of aryl methyl sites for hydroxylation is 1. The summed E-state index contributed by atoms with van der Waals surface area (Å²) in [4.78, 5) is 10.3. The topological polar surface area (TPSA) is 46.3 Å². The molecule has 0 bridgehead atoms. The number of rotatable bonds is 2. The molecule has 8 heteroatoms. The Morgan fingerprint density at radius 2 is 1.77 bits per heavy atom. The summed E-state index contributed by atoms with van der Waals surface area (Å²) in [5, 5.41) is 4.23. The molecule has 0 amide bonds. The molecule has 4 rings (SSSR count). The van der Waals surface area contributed by atoms with Gasteiger partial charge in [-0.1, -0.05) is 18.5 Å². The van der Waals surface area contributed by atoms with Gasteiger partial charge < -0.3 is 4.90 Å². The highest BCUT2D eigenvalue weighted by atomic mass is 35.5. The zero-order valence-corrected chi connectivity index (χ0v) is 15.3. The smallest absolute Gasteiger partial charge is 0.255 e. The van der Waals surface area contributed by atoms with Crippen LogP contribution in [0.4, 0.5) is 14.6 Å². The maximum absolute atomic E-state index is 14.7. The number of aromatic nitrogens is 4. The van der Waals surface area contributed by atoms with Gasteiger partial charge in [-0.05, 0) is 43.4 Å². The largest absolute Gasteiger partial charge is 0.356 e. The minimum absolute atomic E-state index is 0.0146. The van der Waals surface area contributed by atoms with Gasteiger partial charge in [-0.2, -0.15) is 19.6 Å². The van der Waals surface area contributed by atoms with Gasteiger partial charge in [0.25, 0.3) is 5.78 Å². The monoisotopic (exact) mass is 377 g/mol. The first-order valence-corrected chi connectivity index (χ1v) is 8.93. The van der Waals surface area contributed by atoms with Crippen LogP contribution < -0.4 is 4.90 Å². The fourth-order valence-corrected chi connectivity index (χ4v) is 3.72. The maximum atomic E-state index is 14.7. The lowest BCUT2D eigenvalue weighted by molar-refractivity contribution is 0.435. The normalized spacial score (nSPS) is 15.8. The fourth-order valence-electron chi connectivity index (χ4n) is 3.47. The van der Waals surface area contributed by atoms with Crippen LogP contribution in [0.3, 0.4) is 0 Å². The molecule has 0 unspecified atom stereocenters. The van der Waals surface area contributed by atoms with Crippen LogP contribution in [-0.2, 0) is 0 Å². The summed E-state index contributed by atoms with van der Waals surface area (Å²) < 4.78 is 31.0. The molecule has 3 heterocycles. The van der Waals surface area contributed by atoms with E-state index in [-0.39, 0.29) is 16.3 Å². The number of hydrogen-bond donors (Lipinski definition) is 0. The number of fused-ring (bicyclic) bond motifs is 1. The van der Waals surface area contributed by atoms with Crippen LogP contribution >= 0.6 is 11.6 Å². The summed E-state index contributed by atoms with van der Waals surface area (Å²) in [6.45, 7) is 5.34. The predicted octanol–water partition coefficient (Wildman–Crippen LogP) is 4.27. The van der Waals surface area contributed by atoms with Crippen molar-refractivity contribution in [3.8, 4) is 11.1 Å². The first kappa shape index (κ1) is 17.1. The standard InChI is InChI=1S/C18H18ClF2N5/c1-10-3-5-25(6-4-10)17-15(14-12(20)7-11(2)8-13(14)21)16(19)24-18-22-9-23-26(17)18/h7-10H,3-6H2,1-2H3. The molecule has 3 aromatic rings. The number of benzene rings is 1. The van der Waals surface area contributed by atoms with Crippen LogP contribution in [0, 0.1) is 24.5 Å². The zero-order chi connectivity index (χ0) is 18.4. The van der Waals surface area contributed by atoms with Gasteiger partial charge in [-0.15, -0.1) is 0 Å². The highest BCUT2D eigenvalue weighted by Crippen LogP contribution is 2.40. The van der Waals surface area contributed by atoms with E-state index in [1.807, 2.05) is 0 Å². The Morgan fingerprint density at radius 3 is 2.42 bits per heavy atom.